The number of nitrogens with one attached hydrogen (secondary N) is 1. The molecule has 0 bridgehead atoms. The molecule has 0 fully saturated rings. The average Bonchev–Trinajstić information content (AvgIpc) is 2.91. The molecule has 2 aromatic rings. The fraction of sp³-hybridized carbons (Fsp3) is 0.357. The summed E-state index contributed by atoms with van der Waals surface area (Å²) < 4.78 is 24.9. The summed E-state index contributed by atoms with van der Waals surface area (Å²) in [5.74, 6) is 0. The minimum atomic E-state index is -2.41. The van der Waals surface area contributed by atoms with Crippen LogP contribution >= 0.6 is 11.3 Å². The van der Waals surface area contributed by atoms with E-state index < -0.39 is 6.43 Å². The smallest absolute Gasteiger partial charge is 0.263 e. The molecule has 0 aliphatic heterocycles. The van der Waals surface area contributed by atoms with Gasteiger partial charge in [-0.3, -0.25) is 0 Å². The van der Waals surface area contributed by atoms with E-state index in [4.69, 9.17) is 0 Å². The SMILES string of the molecule is CC(C)(NCc1ccc(C(F)F)cc1)c1nccs1. The van der Waals surface area contributed by atoms with Gasteiger partial charge in [-0.2, -0.15) is 0 Å². The van der Waals surface area contributed by atoms with Gasteiger partial charge in [0, 0.05) is 23.7 Å². The van der Waals surface area contributed by atoms with Crippen molar-refractivity contribution < 1.29 is 8.78 Å². The summed E-state index contributed by atoms with van der Waals surface area (Å²) in [6.07, 6.45) is -0.630. The minimum absolute atomic E-state index is 0.0583. The fourth-order valence-corrected chi connectivity index (χ4v) is 2.45. The summed E-state index contributed by atoms with van der Waals surface area (Å²) >= 11 is 1.60. The molecule has 0 saturated heterocycles. The van der Waals surface area contributed by atoms with Crippen LogP contribution < -0.4 is 5.32 Å². The van der Waals surface area contributed by atoms with Gasteiger partial charge in [0.25, 0.3) is 6.43 Å². The first kappa shape index (κ1) is 14.1. The Bertz CT molecular complexity index is 507. The Balaban J connectivity index is 1.99. The Labute approximate surface area is 115 Å². The number of aromatic nitrogens is 1. The van der Waals surface area contributed by atoms with Crippen molar-refractivity contribution in [1.82, 2.24) is 10.3 Å². The molecule has 2 nitrogen and oxygen atoms in total. The molecule has 0 aliphatic rings. The Kier molecular flexibility index (Phi) is 4.27. The molecule has 1 aromatic heterocycles. The molecule has 102 valence electrons. The van der Waals surface area contributed by atoms with Crippen molar-refractivity contribution in [2.75, 3.05) is 0 Å². The van der Waals surface area contributed by atoms with Gasteiger partial charge in [-0.05, 0) is 19.4 Å². The Morgan fingerprint density at radius 3 is 2.47 bits per heavy atom. The van der Waals surface area contributed by atoms with Gasteiger partial charge >= 0.3 is 0 Å². The van der Waals surface area contributed by atoms with Gasteiger partial charge < -0.3 is 5.32 Å². The lowest BCUT2D eigenvalue weighted by atomic mass is 10.1. The quantitative estimate of drug-likeness (QED) is 0.893. The van der Waals surface area contributed by atoms with E-state index in [1.165, 1.54) is 12.1 Å². The van der Waals surface area contributed by atoms with E-state index in [-0.39, 0.29) is 11.1 Å². The fourth-order valence-electron chi connectivity index (χ4n) is 1.71. The van der Waals surface area contributed by atoms with Crippen LogP contribution in [0.25, 0.3) is 0 Å². The van der Waals surface area contributed by atoms with Crippen LogP contribution in [0.5, 0.6) is 0 Å². The van der Waals surface area contributed by atoms with Gasteiger partial charge in [0.15, 0.2) is 0 Å². The van der Waals surface area contributed by atoms with Crippen LogP contribution in [0.3, 0.4) is 0 Å². The molecule has 1 N–H and O–H groups in total. The Morgan fingerprint density at radius 1 is 1.26 bits per heavy atom. The standard InChI is InChI=1S/C14H16F2N2S/c1-14(2,13-17-7-8-19-13)18-9-10-3-5-11(6-4-10)12(15)16/h3-8,12,18H,9H2,1-2H3. The van der Waals surface area contributed by atoms with Gasteiger partial charge in [0.2, 0.25) is 0 Å². The monoisotopic (exact) mass is 282 g/mol. The van der Waals surface area contributed by atoms with E-state index in [9.17, 15) is 8.78 Å². The molecule has 0 unspecified atom stereocenters. The molecule has 0 saturated carbocycles. The molecular weight excluding hydrogens is 266 g/mol. The second kappa shape index (κ2) is 5.75. The van der Waals surface area contributed by atoms with Gasteiger partial charge in [-0.25, -0.2) is 13.8 Å². The summed E-state index contributed by atoms with van der Waals surface area (Å²) in [5, 5.41) is 6.34. The molecule has 0 radical (unpaired) electrons. The number of alkyl halides is 2. The molecule has 0 atom stereocenters. The third-order valence-electron chi connectivity index (χ3n) is 2.93. The second-order valence-electron chi connectivity index (χ2n) is 4.86. The number of nitrogens with zero attached hydrogens (tertiary/aromatic N) is 1. The van der Waals surface area contributed by atoms with Gasteiger partial charge in [-0.15, -0.1) is 11.3 Å². The second-order valence-corrected chi connectivity index (χ2v) is 5.75. The van der Waals surface area contributed by atoms with Crippen LogP contribution in [-0.4, -0.2) is 4.98 Å². The number of hydrogen-bond acceptors (Lipinski definition) is 3. The number of benzene rings is 1. The zero-order valence-electron chi connectivity index (χ0n) is 10.9. The molecule has 5 heteroatoms. The van der Waals surface area contributed by atoms with E-state index in [0.29, 0.717) is 6.54 Å². The maximum Gasteiger partial charge on any atom is 0.263 e. The Morgan fingerprint density at radius 2 is 1.95 bits per heavy atom. The number of halogens is 2. The van der Waals surface area contributed by atoms with E-state index in [0.717, 1.165) is 10.6 Å². The van der Waals surface area contributed by atoms with Crippen LogP contribution in [-0.2, 0) is 12.1 Å². The summed E-state index contributed by atoms with van der Waals surface area (Å²) in [4.78, 5) is 4.29. The van der Waals surface area contributed by atoms with Gasteiger partial charge in [0.1, 0.15) is 5.01 Å². The number of hydrogen-bond donors (Lipinski definition) is 1. The summed E-state index contributed by atoms with van der Waals surface area (Å²) in [6, 6.07) is 6.40. The topological polar surface area (TPSA) is 24.9 Å². The highest BCUT2D eigenvalue weighted by molar-refractivity contribution is 7.09. The van der Waals surface area contributed by atoms with Crippen molar-refractivity contribution in [1.29, 1.82) is 0 Å². The zero-order valence-corrected chi connectivity index (χ0v) is 11.7. The van der Waals surface area contributed by atoms with Crippen LogP contribution in [0.1, 0.15) is 36.4 Å². The molecule has 0 spiro atoms. The van der Waals surface area contributed by atoms with Crippen molar-refractivity contribution >= 4 is 11.3 Å². The third kappa shape index (κ3) is 3.58. The summed E-state index contributed by atoms with van der Waals surface area (Å²) in [6.45, 7) is 4.73. The highest BCUT2D eigenvalue weighted by Gasteiger charge is 2.22. The molecule has 19 heavy (non-hydrogen) atoms. The lowest BCUT2D eigenvalue weighted by Gasteiger charge is -2.24. The predicted octanol–water partition coefficient (Wildman–Crippen LogP) is 4.11. The highest BCUT2D eigenvalue weighted by atomic mass is 32.1. The maximum absolute atomic E-state index is 12.4. The maximum atomic E-state index is 12.4. The van der Waals surface area contributed by atoms with E-state index in [1.54, 1.807) is 29.7 Å². The van der Waals surface area contributed by atoms with E-state index in [2.05, 4.69) is 24.1 Å². The van der Waals surface area contributed by atoms with Crippen molar-refractivity contribution in [2.24, 2.45) is 0 Å². The first-order valence-corrected chi connectivity index (χ1v) is 6.89. The summed E-state index contributed by atoms with van der Waals surface area (Å²) in [5.41, 5.74) is 0.812. The van der Waals surface area contributed by atoms with Crippen molar-refractivity contribution in [3.8, 4) is 0 Å². The number of rotatable bonds is 5. The van der Waals surface area contributed by atoms with Crippen molar-refractivity contribution in [3.05, 3.63) is 52.0 Å². The predicted molar refractivity (Wildman–Crippen MR) is 73.4 cm³/mol. The molecule has 1 heterocycles. The van der Waals surface area contributed by atoms with E-state index >= 15 is 0 Å². The first-order valence-electron chi connectivity index (χ1n) is 6.01. The lowest BCUT2D eigenvalue weighted by Crippen LogP contribution is -2.35. The normalized spacial score (nSPS) is 12.1. The van der Waals surface area contributed by atoms with Crippen LogP contribution in [0, 0.1) is 0 Å². The first-order chi connectivity index (χ1) is 8.99. The molecule has 1 aromatic carbocycles. The van der Waals surface area contributed by atoms with Crippen molar-refractivity contribution in [2.45, 2.75) is 32.4 Å². The Hall–Kier alpha value is -1.33. The van der Waals surface area contributed by atoms with Gasteiger partial charge in [-0.1, -0.05) is 24.3 Å². The molecule has 0 aliphatic carbocycles. The highest BCUT2D eigenvalue weighted by Crippen LogP contribution is 2.23. The lowest BCUT2D eigenvalue weighted by molar-refractivity contribution is 0.151. The summed E-state index contributed by atoms with van der Waals surface area (Å²) in [7, 11) is 0. The van der Waals surface area contributed by atoms with Crippen LogP contribution in [0.2, 0.25) is 0 Å². The molecular formula is C14H16F2N2S. The third-order valence-corrected chi connectivity index (χ3v) is 4.03. The van der Waals surface area contributed by atoms with Crippen LogP contribution in [0.15, 0.2) is 35.8 Å². The minimum Gasteiger partial charge on any atom is -0.302 e. The van der Waals surface area contributed by atoms with Crippen molar-refractivity contribution in [3.63, 3.8) is 0 Å². The average molecular weight is 282 g/mol. The zero-order chi connectivity index (χ0) is 13.9. The number of thiazole rings is 1. The van der Waals surface area contributed by atoms with Gasteiger partial charge in [0.05, 0.1) is 5.54 Å². The van der Waals surface area contributed by atoms with Crippen LogP contribution in [0.4, 0.5) is 8.78 Å². The largest absolute Gasteiger partial charge is 0.302 e. The molecule has 2 rings (SSSR count). The molecule has 0 amide bonds. The van der Waals surface area contributed by atoms with E-state index in [1.807, 2.05) is 5.38 Å².